The molecule has 0 aliphatic heterocycles. The van der Waals surface area contributed by atoms with E-state index in [9.17, 15) is 4.79 Å². The number of amides is 1. The fourth-order valence-electron chi connectivity index (χ4n) is 2.06. The molecule has 2 heterocycles. The van der Waals surface area contributed by atoms with Gasteiger partial charge in [0, 0.05) is 19.6 Å². The molecule has 0 saturated carbocycles. The molecule has 7 heteroatoms. The summed E-state index contributed by atoms with van der Waals surface area (Å²) in [5, 5.41) is 11.3. The van der Waals surface area contributed by atoms with Crippen molar-refractivity contribution in [3.8, 4) is 10.7 Å². The van der Waals surface area contributed by atoms with Crippen molar-refractivity contribution in [1.82, 2.24) is 19.7 Å². The molecule has 1 amide bonds. The lowest BCUT2D eigenvalue weighted by molar-refractivity contribution is -0.127. The lowest BCUT2D eigenvalue weighted by Gasteiger charge is -2.18. The van der Waals surface area contributed by atoms with Crippen molar-refractivity contribution in [2.45, 2.75) is 32.5 Å². The van der Waals surface area contributed by atoms with Gasteiger partial charge in [-0.15, -0.1) is 21.5 Å². The van der Waals surface area contributed by atoms with Crippen LogP contribution in [-0.4, -0.2) is 44.4 Å². The molecule has 0 bridgehead atoms. The minimum absolute atomic E-state index is 0.147. The Morgan fingerprint density at radius 2 is 2.10 bits per heavy atom. The van der Waals surface area contributed by atoms with Crippen LogP contribution in [0.1, 0.15) is 20.8 Å². The molecular weight excluding hydrogens is 304 g/mol. The van der Waals surface area contributed by atoms with Crippen LogP contribution in [0.3, 0.4) is 0 Å². The van der Waals surface area contributed by atoms with Gasteiger partial charge >= 0.3 is 0 Å². The Kier molecular flexibility index (Phi) is 5.81. The molecule has 2 rings (SSSR count). The van der Waals surface area contributed by atoms with Gasteiger partial charge in [0.1, 0.15) is 0 Å². The maximum Gasteiger partial charge on any atom is 0.233 e. The quantitative estimate of drug-likeness (QED) is 0.735. The molecule has 0 aliphatic carbocycles. The van der Waals surface area contributed by atoms with Crippen LogP contribution in [0.15, 0.2) is 22.7 Å². The molecule has 114 valence electrons. The van der Waals surface area contributed by atoms with Gasteiger partial charge in [0.2, 0.25) is 5.91 Å². The molecule has 21 heavy (non-hydrogen) atoms. The summed E-state index contributed by atoms with van der Waals surface area (Å²) in [7, 11) is 0. The van der Waals surface area contributed by atoms with Gasteiger partial charge in [0.25, 0.3) is 0 Å². The molecule has 0 spiro atoms. The van der Waals surface area contributed by atoms with Crippen LogP contribution in [0.5, 0.6) is 0 Å². The molecule has 5 nitrogen and oxygen atoms in total. The van der Waals surface area contributed by atoms with Gasteiger partial charge in [0.15, 0.2) is 11.0 Å². The van der Waals surface area contributed by atoms with Crippen molar-refractivity contribution in [3.63, 3.8) is 0 Å². The van der Waals surface area contributed by atoms with Crippen molar-refractivity contribution in [3.05, 3.63) is 17.5 Å². The number of thiophene rings is 1. The Bertz CT molecular complexity index is 576. The van der Waals surface area contributed by atoms with Crippen molar-refractivity contribution in [2.75, 3.05) is 18.8 Å². The van der Waals surface area contributed by atoms with Crippen molar-refractivity contribution < 1.29 is 4.79 Å². The number of nitrogens with zero attached hydrogens (tertiary/aromatic N) is 4. The number of hydrogen-bond acceptors (Lipinski definition) is 5. The van der Waals surface area contributed by atoms with E-state index in [1.54, 1.807) is 11.3 Å². The number of aromatic nitrogens is 3. The zero-order chi connectivity index (χ0) is 15.2. The van der Waals surface area contributed by atoms with E-state index in [-0.39, 0.29) is 5.91 Å². The summed E-state index contributed by atoms with van der Waals surface area (Å²) in [4.78, 5) is 15.0. The van der Waals surface area contributed by atoms with Crippen molar-refractivity contribution >= 4 is 29.0 Å². The van der Waals surface area contributed by atoms with E-state index in [4.69, 9.17) is 0 Å². The third-order valence-electron chi connectivity index (χ3n) is 3.22. The molecule has 0 radical (unpaired) electrons. The minimum atomic E-state index is 0.147. The monoisotopic (exact) mass is 324 g/mol. The zero-order valence-corrected chi connectivity index (χ0v) is 14.2. The maximum absolute atomic E-state index is 12.1. The summed E-state index contributed by atoms with van der Waals surface area (Å²) in [5.41, 5.74) is 0. The second-order valence-corrected chi connectivity index (χ2v) is 6.27. The highest BCUT2D eigenvalue weighted by atomic mass is 32.2. The van der Waals surface area contributed by atoms with Crippen LogP contribution in [0, 0.1) is 0 Å². The molecule has 0 saturated heterocycles. The second-order valence-electron chi connectivity index (χ2n) is 4.38. The van der Waals surface area contributed by atoms with Crippen molar-refractivity contribution in [1.29, 1.82) is 0 Å². The van der Waals surface area contributed by atoms with E-state index in [1.807, 2.05) is 36.3 Å². The van der Waals surface area contributed by atoms with E-state index < -0.39 is 0 Å². The first-order chi connectivity index (χ1) is 10.2. The maximum atomic E-state index is 12.1. The Hall–Kier alpha value is -1.34. The van der Waals surface area contributed by atoms with Crippen LogP contribution in [0.25, 0.3) is 10.7 Å². The summed E-state index contributed by atoms with van der Waals surface area (Å²) in [6.45, 7) is 8.34. The molecule has 0 atom stereocenters. The van der Waals surface area contributed by atoms with Crippen LogP contribution < -0.4 is 0 Å². The number of thioether (sulfide) groups is 1. The average molecular weight is 324 g/mol. The summed E-state index contributed by atoms with van der Waals surface area (Å²) in [6, 6.07) is 4.04. The zero-order valence-electron chi connectivity index (χ0n) is 12.6. The summed E-state index contributed by atoms with van der Waals surface area (Å²) in [6.07, 6.45) is 0. The van der Waals surface area contributed by atoms with Gasteiger partial charge in [-0.3, -0.25) is 4.79 Å². The van der Waals surface area contributed by atoms with Gasteiger partial charge in [0.05, 0.1) is 10.6 Å². The Balaban J connectivity index is 2.09. The first-order valence-electron chi connectivity index (χ1n) is 7.08. The number of rotatable bonds is 7. The molecule has 2 aromatic heterocycles. The lowest BCUT2D eigenvalue weighted by atomic mass is 10.4. The van der Waals surface area contributed by atoms with Gasteiger partial charge in [-0.25, -0.2) is 0 Å². The summed E-state index contributed by atoms with van der Waals surface area (Å²) >= 11 is 3.11. The molecule has 0 fully saturated rings. The number of carbonyl (C=O) groups is 1. The smallest absolute Gasteiger partial charge is 0.233 e. The predicted molar refractivity (Wildman–Crippen MR) is 87.7 cm³/mol. The van der Waals surface area contributed by atoms with Crippen LogP contribution in [0.4, 0.5) is 0 Å². The van der Waals surface area contributed by atoms with Gasteiger partial charge in [-0.1, -0.05) is 17.8 Å². The summed E-state index contributed by atoms with van der Waals surface area (Å²) < 4.78 is 2.06. The average Bonchev–Trinajstić information content (AvgIpc) is 3.14. The fourth-order valence-corrected chi connectivity index (χ4v) is 3.68. The second kappa shape index (κ2) is 7.61. The largest absolute Gasteiger partial charge is 0.343 e. The molecule has 0 N–H and O–H groups in total. The van der Waals surface area contributed by atoms with Crippen LogP contribution in [-0.2, 0) is 11.3 Å². The van der Waals surface area contributed by atoms with Crippen LogP contribution in [0.2, 0.25) is 0 Å². The molecule has 0 aliphatic rings. The third kappa shape index (κ3) is 3.65. The SMILES string of the molecule is CCN(CC)C(=O)CSc1nnc(-c2cccs2)n1CC. The minimum Gasteiger partial charge on any atom is -0.343 e. The highest BCUT2D eigenvalue weighted by molar-refractivity contribution is 7.99. The Morgan fingerprint density at radius 3 is 2.67 bits per heavy atom. The topological polar surface area (TPSA) is 51.0 Å². The van der Waals surface area contributed by atoms with E-state index >= 15 is 0 Å². The first-order valence-corrected chi connectivity index (χ1v) is 8.95. The Labute approximate surface area is 133 Å². The Morgan fingerprint density at radius 1 is 1.33 bits per heavy atom. The first kappa shape index (κ1) is 16.0. The molecular formula is C14H20N4OS2. The predicted octanol–water partition coefficient (Wildman–Crippen LogP) is 2.99. The molecule has 2 aromatic rings. The molecule has 0 unspecified atom stereocenters. The highest BCUT2D eigenvalue weighted by Crippen LogP contribution is 2.27. The normalized spacial score (nSPS) is 10.8. The fraction of sp³-hybridized carbons (Fsp3) is 0.500. The van der Waals surface area contributed by atoms with E-state index in [1.165, 1.54) is 11.8 Å². The number of hydrogen-bond donors (Lipinski definition) is 0. The highest BCUT2D eigenvalue weighted by Gasteiger charge is 2.16. The molecule has 0 aromatic carbocycles. The number of carbonyl (C=O) groups excluding carboxylic acids is 1. The van der Waals surface area contributed by atoms with Gasteiger partial charge in [-0.05, 0) is 32.2 Å². The van der Waals surface area contributed by atoms with E-state index in [2.05, 4.69) is 21.7 Å². The lowest BCUT2D eigenvalue weighted by Crippen LogP contribution is -2.31. The van der Waals surface area contributed by atoms with Crippen LogP contribution >= 0.6 is 23.1 Å². The van der Waals surface area contributed by atoms with E-state index in [0.29, 0.717) is 5.75 Å². The van der Waals surface area contributed by atoms with Gasteiger partial charge < -0.3 is 9.47 Å². The van der Waals surface area contributed by atoms with Gasteiger partial charge in [-0.2, -0.15) is 0 Å². The van der Waals surface area contributed by atoms with Crippen molar-refractivity contribution in [2.24, 2.45) is 0 Å². The van der Waals surface area contributed by atoms with E-state index in [0.717, 1.165) is 35.5 Å². The summed E-state index contributed by atoms with van der Waals surface area (Å²) in [5.74, 6) is 1.43. The standard InChI is InChI=1S/C14H20N4OS2/c1-4-17(5-2)12(19)10-21-14-16-15-13(18(14)6-3)11-8-7-9-20-11/h7-9H,4-6,10H2,1-3H3. The third-order valence-corrected chi connectivity index (χ3v) is 5.03.